The van der Waals surface area contributed by atoms with E-state index in [2.05, 4.69) is 20.6 Å². The largest absolute Gasteiger partial charge is 0.469 e. The predicted molar refractivity (Wildman–Crippen MR) is 113 cm³/mol. The number of rotatable bonds is 7. The van der Waals surface area contributed by atoms with Gasteiger partial charge in [0.25, 0.3) is 5.91 Å². The quantitative estimate of drug-likeness (QED) is 0.579. The van der Waals surface area contributed by atoms with Crippen molar-refractivity contribution in [3.8, 4) is 5.69 Å². The highest BCUT2D eigenvalue weighted by Crippen LogP contribution is 2.21. The molecule has 0 fully saturated rings. The highest BCUT2D eigenvalue weighted by Gasteiger charge is 2.28. The van der Waals surface area contributed by atoms with E-state index in [-0.39, 0.29) is 11.9 Å². The molecular formula is C22H27N5O4. The van der Waals surface area contributed by atoms with Gasteiger partial charge in [0, 0.05) is 24.6 Å². The van der Waals surface area contributed by atoms with Gasteiger partial charge in [-0.15, -0.1) is 0 Å². The molecule has 2 aromatic heterocycles. The van der Waals surface area contributed by atoms with Crippen LogP contribution in [-0.4, -0.2) is 38.9 Å². The van der Waals surface area contributed by atoms with Crippen LogP contribution in [0.3, 0.4) is 0 Å². The molecule has 0 saturated carbocycles. The van der Waals surface area contributed by atoms with Gasteiger partial charge >= 0.3 is 5.97 Å². The molecule has 9 nitrogen and oxygen atoms in total. The molecule has 1 amide bonds. The Labute approximate surface area is 180 Å². The van der Waals surface area contributed by atoms with Gasteiger partial charge in [-0.05, 0) is 63.9 Å². The molecule has 0 aliphatic heterocycles. The van der Waals surface area contributed by atoms with E-state index < -0.39 is 5.54 Å². The van der Waals surface area contributed by atoms with E-state index in [0.29, 0.717) is 30.1 Å². The van der Waals surface area contributed by atoms with E-state index in [4.69, 9.17) is 9.26 Å². The Morgan fingerprint density at radius 3 is 2.42 bits per heavy atom. The Morgan fingerprint density at radius 2 is 1.84 bits per heavy atom. The van der Waals surface area contributed by atoms with Gasteiger partial charge in [-0.1, -0.05) is 5.16 Å². The zero-order valence-electron chi connectivity index (χ0n) is 18.6. The van der Waals surface area contributed by atoms with E-state index in [1.807, 2.05) is 44.5 Å². The number of ether oxygens (including phenoxy) is 1. The number of nitrogens with zero attached hydrogens (tertiary/aromatic N) is 4. The molecular weight excluding hydrogens is 398 g/mol. The molecule has 0 spiro atoms. The molecule has 0 radical (unpaired) electrons. The lowest BCUT2D eigenvalue weighted by Gasteiger charge is -2.22. The molecule has 0 aliphatic rings. The molecule has 0 bridgehead atoms. The Balaban J connectivity index is 1.76. The van der Waals surface area contributed by atoms with Crippen molar-refractivity contribution in [1.82, 2.24) is 25.2 Å². The number of aryl methyl sites for hydroxylation is 2. The number of methoxy groups -OCH3 is 1. The summed E-state index contributed by atoms with van der Waals surface area (Å²) in [4.78, 5) is 28.4. The van der Waals surface area contributed by atoms with Crippen molar-refractivity contribution >= 4 is 11.9 Å². The molecule has 0 aliphatic carbocycles. The van der Waals surface area contributed by atoms with Crippen LogP contribution < -0.4 is 5.32 Å². The number of amides is 1. The summed E-state index contributed by atoms with van der Waals surface area (Å²) in [6, 6.07) is 7.16. The first-order valence-electron chi connectivity index (χ1n) is 9.98. The highest BCUT2D eigenvalue weighted by molar-refractivity contribution is 5.94. The van der Waals surface area contributed by atoms with Crippen molar-refractivity contribution in [2.75, 3.05) is 7.11 Å². The summed E-state index contributed by atoms with van der Waals surface area (Å²) in [6.45, 7) is 9.21. The topological polar surface area (TPSA) is 112 Å². The molecule has 3 aromatic rings. The second-order valence-electron chi connectivity index (χ2n) is 7.90. The molecule has 1 N–H and O–H groups in total. The second kappa shape index (κ2) is 8.71. The lowest BCUT2D eigenvalue weighted by Crippen LogP contribution is -2.41. The fraction of sp³-hybridized carbons (Fsp3) is 0.409. The Bertz CT molecular complexity index is 1100. The van der Waals surface area contributed by atoms with Crippen LogP contribution in [0.25, 0.3) is 5.69 Å². The van der Waals surface area contributed by atoms with Crippen LogP contribution in [0, 0.1) is 20.8 Å². The minimum atomic E-state index is -0.780. The van der Waals surface area contributed by atoms with Gasteiger partial charge in [0.05, 0.1) is 24.0 Å². The molecule has 3 rings (SSSR count). The fourth-order valence-electron chi connectivity index (χ4n) is 3.34. The average molecular weight is 425 g/mol. The maximum atomic E-state index is 12.7. The Kier molecular flexibility index (Phi) is 6.24. The van der Waals surface area contributed by atoms with Crippen LogP contribution in [0.2, 0.25) is 0 Å². The van der Waals surface area contributed by atoms with E-state index in [0.717, 1.165) is 22.6 Å². The number of aromatic nitrogens is 4. The number of benzene rings is 1. The van der Waals surface area contributed by atoms with Crippen LogP contribution in [0.4, 0.5) is 0 Å². The van der Waals surface area contributed by atoms with Gasteiger partial charge in [-0.3, -0.25) is 9.59 Å². The normalized spacial score (nSPS) is 11.4. The first kappa shape index (κ1) is 22.2. The summed E-state index contributed by atoms with van der Waals surface area (Å²) in [5.41, 5.74) is 3.38. The van der Waals surface area contributed by atoms with Gasteiger partial charge in [-0.2, -0.15) is 10.1 Å². The summed E-state index contributed by atoms with van der Waals surface area (Å²) in [7, 11) is 1.38. The minimum Gasteiger partial charge on any atom is -0.469 e. The Morgan fingerprint density at radius 1 is 1.16 bits per heavy atom. The third kappa shape index (κ3) is 4.82. The Hall–Kier alpha value is -3.49. The zero-order chi connectivity index (χ0) is 22.8. The summed E-state index contributed by atoms with van der Waals surface area (Å²) < 4.78 is 11.6. The molecule has 31 heavy (non-hydrogen) atoms. The molecule has 164 valence electrons. The molecule has 0 atom stereocenters. The summed E-state index contributed by atoms with van der Waals surface area (Å²) >= 11 is 0. The molecule has 1 aromatic carbocycles. The summed E-state index contributed by atoms with van der Waals surface area (Å²) in [6.07, 6.45) is 0.869. The lowest BCUT2D eigenvalue weighted by atomic mass is 10.0. The van der Waals surface area contributed by atoms with E-state index in [1.165, 1.54) is 7.11 Å². The van der Waals surface area contributed by atoms with Crippen LogP contribution in [0.5, 0.6) is 0 Å². The number of nitrogens with one attached hydrogen (secondary N) is 1. The van der Waals surface area contributed by atoms with Gasteiger partial charge < -0.3 is 14.6 Å². The number of carbonyl (C=O) groups is 2. The smallest absolute Gasteiger partial charge is 0.305 e. The van der Waals surface area contributed by atoms with Crippen LogP contribution in [0.1, 0.15) is 59.3 Å². The first-order chi connectivity index (χ1) is 14.6. The van der Waals surface area contributed by atoms with Crippen molar-refractivity contribution in [2.24, 2.45) is 0 Å². The van der Waals surface area contributed by atoms with Gasteiger partial charge in [0.15, 0.2) is 5.82 Å². The van der Waals surface area contributed by atoms with Crippen molar-refractivity contribution in [3.05, 3.63) is 58.5 Å². The van der Waals surface area contributed by atoms with Gasteiger partial charge in [0.2, 0.25) is 5.89 Å². The van der Waals surface area contributed by atoms with Crippen molar-refractivity contribution in [3.63, 3.8) is 0 Å². The summed E-state index contributed by atoms with van der Waals surface area (Å²) in [5.74, 6) is 0.363. The molecule has 9 heteroatoms. The van der Waals surface area contributed by atoms with E-state index in [1.54, 1.807) is 19.1 Å². The fourth-order valence-corrected chi connectivity index (χ4v) is 3.34. The number of hydrogen-bond donors (Lipinski definition) is 1. The number of carbonyl (C=O) groups excluding carboxylic acids is 2. The maximum absolute atomic E-state index is 12.7. The van der Waals surface area contributed by atoms with Crippen LogP contribution in [0.15, 0.2) is 28.8 Å². The summed E-state index contributed by atoms with van der Waals surface area (Å²) in [5, 5.41) is 11.4. The van der Waals surface area contributed by atoms with Crippen molar-refractivity contribution in [2.45, 2.75) is 53.0 Å². The third-order valence-electron chi connectivity index (χ3n) is 5.13. The molecule has 0 unspecified atom stereocenters. The van der Waals surface area contributed by atoms with Crippen molar-refractivity contribution < 1.29 is 18.8 Å². The lowest BCUT2D eigenvalue weighted by molar-refractivity contribution is -0.140. The third-order valence-corrected chi connectivity index (χ3v) is 5.13. The van der Waals surface area contributed by atoms with Gasteiger partial charge in [-0.25, -0.2) is 4.68 Å². The molecule has 0 saturated heterocycles. The highest BCUT2D eigenvalue weighted by atomic mass is 16.5. The first-order valence-corrected chi connectivity index (χ1v) is 9.98. The van der Waals surface area contributed by atoms with Crippen molar-refractivity contribution in [1.29, 1.82) is 0 Å². The zero-order valence-corrected chi connectivity index (χ0v) is 18.6. The van der Waals surface area contributed by atoms with E-state index in [9.17, 15) is 9.59 Å². The second-order valence-corrected chi connectivity index (χ2v) is 7.90. The van der Waals surface area contributed by atoms with Gasteiger partial charge in [0.1, 0.15) is 0 Å². The number of hydrogen-bond acceptors (Lipinski definition) is 7. The monoisotopic (exact) mass is 425 g/mol. The SMILES string of the molecule is COC(=O)CCc1c(C)nn(-c2ccc(C(=O)NC(C)(C)c3noc(C)n3)cc2)c1C. The van der Waals surface area contributed by atoms with Crippen LogP contribution in [-0.2, 0) is 21.5 Å². The number of esters is 1. The molecule has 2 heterocycles. The van der Waals surface area contributed by atoms with Crippen LogP contribution >= 0.6 is 0 Å². The average Bonchev–Trinajstić information content (AvgIpc) is 3.29. The predicted octanol–water partition coefficient (Wildman–Crippen LogP) is 2.95. The minimum absolute atomic E-state index is 0.244. The van der Waals surface area contributed by atoms with E-state index >= 15 is 0 Å². The maximum Gasteiger partial charge on any atom is 0.305 e. The standard InChI is InChI=1S/C22H27N5O4/c1-13-18(11-12-19(28)30-6)14(2)27(25-13)17-9-7-16(8-10-17)20(29)24-22(4,5)21-23-15(3)31-26-21/h7-10H,11-12H2,1-6H3,(H,24,29).